The van der Waals surface area contributed by atoms with Crippen molar-refractivity contribution in [2.45, 2.75) is 0 Å². The summed E-state index contributed by atoms with van der Waals surface area (Å²) in [5.74, 6) is 1.06. The molecule has 0 aliphatic rings. The molecule has 0 saturated carbocycles. The van der Waals surface area contributed by atoms with Gasteiger partial charge in [0.2, 0.25) is 5.78 Å². The van der Waals surface area contributed by atoms with E-state index in [1.54, 1.807) is 67.7 Å². The number of hydrogen-bond donors (Lipinski definition) is 0. The number of hydrogen-bond acceptors (Lipinski definition) is 5. The second-order valence-corrected chi connectivity index (χ2v) is 9.17. The molecule has 0 saturated heterocycles. The van der Waals surface area contributed by atoms with Crippen LogP contribution in [-0.4, -0.2) is 36.7 Å². The molecule has 0 unspecified atom stereocenters. The van der Waals surface area contributed by atoms with Gasteiger partial charge in [0.15, 0.2) is 11.6 Å². The molecule has 0 aliphatic heterocycles. The zero-order valence-electron chi connectivity index (χ0n) is 21.6. The van der Waals surface area contributed by atoms with E-state index in [1.807, 2.05) is 48.5 Å². The van der Waals surface area contributed by atoms with Crippen molar-refractivity contribution >= 4 is 21.7 Å². The molecule has 1 heterocycles. The maximum Gasteiger partial charge on any atom is 0.213 e. The fourth-order valence-corrected chi connectivity index (χ4v) is 4.11. The molecule has 0 atom stereocenters. The molecule has 5 rings (SSSR count). The topological polar surface area (TPSA) is 62.6 Å². The van der Waals surface area contributed by atoms with Gasteiger partial charge in [0.25, 0.3) is 0 Å². The summed E-state index contributed by atoms with van der Waals surface area (Å²) in [6.45, 7) is 0. The Bertz CT molecular complexity index is 1570. The largest absolute Gasteiger partial charge is 0.497 e. The molecule has 8 heteroatoms. The first-order valence-corrected chi connectivity index (χ1v) is 12.7. The maximum atomic E-state index is 14.1. The molecule has 0 spiro atoms. The highest BCUT2D eigenvalue weighted by Gasteiger charge is 2.15. The lowest BCUT2D eigenvalue weighted by Crippen LogP contribution is -2.02. The minimum atomic E-state index is -0.422. The average Bonchev–Trinajstić information content (AvgIpc) is 3.48. The van der Waals surface area contributed by atoms with E-state index in [9.17, 15) is 9.18 Å². The van der Waals surface area contributed by atoms with E-state index < -0.39 is 5.82 Å². The molecule has 6 nitrogen and oxygen atoms in total. The minimum Gasteiger partial charge on any atom is -0.497 e. The lowest BCUT2D eigenvalue weighted by molar-refractivity contribution is 0.103. The summed E-state index contributed by atoms with van der Waals surface area (Å²) in [5.41, 5.74) is 3.04. The molecule has 0 N–H and O–H groups in total. The van der Waals surface area contributed by atoms with Gasteiger partial charge in [0.1, 0.15) is 23.5 Å². The van der Waals surface area contributed by atoms with E-state index in [4.69, 9.17) is 14.2 Å². The van der Waals surface area contributed by atoms with Gasteiger partial charge in [0, 0.05) is 27.5 Å². The number of benzene rings is 4. The van der Waals surface area contributed by atoms with Gasteiger partial charge in [-0.2, -0.15) is 0 Å². The SMILES string of the molecule is COc1ccc(Br)cc1.COc1cccc(C(=O)c2cn(-c3cccc(-c4cccc(F)c4OC)c3)cn2)c1. The third-order valence-electron chi connectivity index (χ3n) is 5.82. The van der Waals surface area contributed by atoms with E-state index in [1.165, 1.54) is 13.2 Å². The van der Waals surface area contributed by atoms with E-state index in [-0.39, 0.29) is 11.5 Å². The molecule has 0 amide bonds. The van der Waals surface area contributed by atoms with E-state index in [0.717, 1.165) is 21.5 Å². The summed E-state index contributed by atoms with van der Waals surface area (Å²) in [6.07, 6.45) is 3.25. The summed E-state index contributed by atoms with van der Waals surface area (Å²) >= 11 is 3.32. The molecular weight excluding hydrogens is 563 g/mol. The number of ketones is 1. The van der Waals surface area contributed by atoms with Crippen LogP contribution in [0.4, 0.5) is 4.39 Å². The third-order valence-corrected chi connectivity index (χ3v) is 6.35. The summed E-state index contributed by atoms with van der Waals surface area (Å²) in [5, 5.41) is 0. The van der Waals surface area contributed by atoms with Crippen LogP contribution in [0.1, 0.15) is 16.1 Å². The number of aromatic nitrogens is 2. The number of nitrogens with zero attached hydrogens (tertiary/aromatic N) is 2. The lowest BCUT2D eigenvalue weighted by Gasteiger charge is -2.11. The van der Waals surface area contributed by atoms with Crippen molar-refractivity contribution in [1.82, 2.24) is 9.55 Å². The Kier molecular flexibility index (Phi) is 9.12. The Hall–Kier alpha value is -4.43. The predicted octanol–water partition coefficient (Wildman–Crippen LogP) is 7.38. The number of ether oxygens (including phenoxy) is 3. The Balaban J connectivity index is 0.000000333. The fourth-order valence-electron chi connectivity index (χ4n) is 3.84. The molecule has 0 aliphatic carbocycles. The zero-order chi connectivity index (χ0) is 27.8. The summed E-state index contributed by atoms with van der Waals surface area (Å²) < 4.78 is 32.3. The second kappa shape index (κ2) is 12.9. The van der Waals surface area contributed by atoms with Crippen LogP contribution in [0.5, 0.6) is 17.2 Å². The highest BCUT2D eigenvalue weighted by molar-refractivity contribution is 9.10. The Morgan fingerprint density at radius 1 is 0.821 bits per heavy atom. The number of imidazole rings is 1. The molecular formula is C31H26BrFN2O4. The Morgan fingerprint density at radius 2 is 1.54 bits per heavy atom. The van der Waals surface area contributed by atoms with Crippen molar-refractivity contribution in [2.75, 3.05) is 21.3 Å². The van der Waals surface area contributed by atoms with Gasteiger partial charge >= 0.3 is 0 Å². The van der Waals surface area contributed by atoms with Gasteiger partial charge in [-0.05, 0) is 60.2 Å². The van der Waals surface area contributed by atoms with Gasteiger partial charge in [-0.1, -0.05) is 52.3 Å². The number of carbonyl (C=O) groups excluding carboxylic acids is 1. The number of methoxy groups -OCH3 is 3. The van der Waals surface area contributed by atoms with Crippen molar-refractivity contribution in [3.05, 3.63) is 125 Å². The predicted molar refractivity (Wildman–Crippen MR) is 153 cm³/mol. The van der Waals surface area contributed by atoms with Gasteiger partial charge < -0.3 is 18.8 Å². The summed E-state index contributed by atoms with van der Waals surface area (Å²) in [6, 6.07) is 27.0. The third kappa shape index (κ3) is 6.72. The first-order chi connectivity index (χ1) is 18.9. The highest BCUT2D eigenvalue weighted by Crippen LogP contribution is 2.33. The number of rotatable bonds is 7. The monoisotopic (exact) mass is 588 g/mol. The molecule has 5 aromatic rings. The zero-order valence-corrected chi connectivity index (χ0v) is 23.2. The molecule has 198 valence electrons. The highest BCUT2D eigenvalue weighted by atomic mass is 79.9. The van der Waals surface area contributed by atoms with Gasteiger partial charge in [-0.3, -0.25) is 4.79 Å². The Morgan fingerprint density at radius 3 is 2.26 bits per heavy atom. The van der Waals surface area contributed by atoms with Gasteiger partial charge in [-0.15, -0.1) is 0 Å². The first-order valence-electron chi connectivity index (χ1n) is 11.9. The maximum absolute atomic E-state index is 14.1. The normalized spacial score (nSPS) is 10.3. The minimum absolute atomic E-state index is 0.189. The molecule has 0 radical (unpaired) electrons. The smallest absolute Gasteiger partial charge is 0.213 e. The standard InChI is InChI=1S/C24H19FN2O3.C7H7BrO/c1-29-19-9-4-7-17(13-19)23(28)22-14-27(15-26-22)18-8-3-6-16(12-18)20-10-5-11-21(25)24(20)30-2;1-9-7-4-2-6(8)3-5-7/h3-15H,1-2H3;2-5H,1H3. The van der Waals surface area contributed by atoms with Gasteiger partial charge in [-0.25, -0.2) is 9.37 Å². The van der Waals surface area contributed by atoms with Crippen molar-refractivity contribution in [3.63, 3.8) is 0 Å². The van der Waals surface area contributed by atoms with Crippen LogP contribution < -0.4 is 14.2 Å². The Labute approximate surface area is 234 Å². The van der Waals surface area contributed by atoms with Crippen molar-refractivity contribution < 1.29 is 23.4 Å². The van der Waals surface area contributed by atoms with E-state index >= 15 is 0 Å². The van der Waals surface area contributed by atoms with Crippen LogP contribution in [0.15, 0.2) is 108 Å². The first kappa shape index (κ1) is 27.6. The number of carbonyl (C=O) groups is 1. The molecule has 39 heavy (non-hydrogen) atoms. The van der Waals surface area contributed by atoms with Crippen LogP contribution in [0, 0.1) is 5.82 Å². The molecule has 4 aromatic carbocycles. The summed E-state index contributed by atoms with van der Waals surface area (Å²) in [7, 11) is 4.65. The van der Waals surface area contributed by atoms with Crippen LogP contribution in [0.25, 0.3) is 16.8 Å². The van der Waals surface area contributed by atoms with Crippen LogP contribution in [0.2, 0.25) is 0 Å². The molecule has 0 bridgehead atoms. The number of para-hydroxylation sites is 1. The second-order valence-electron chi connectivity index (χ2n) is 8.26. The molecule has 1 aromatic heterocycles. The van der Waals surface area contributed by atoms with Gasteiger partial charge in [0.05, 0.1) is 21.3 Å². The summed E-state index contributed by atoms with van der Waals surface area (Å²) in [4.78, 5) is 17.0. The molecule has 0 fully saturated rings. The fraction of sp³-hybridized carbons (Fsp3) is 0.0968. The van der Waals surface area contributed by atoms with Crippen LogP contribution in [0.3, 0.4) is 0 Å². The number of halogens is 2. The quantitative estimate of drug-likeness (QED) is 0.185. The van der Waals surface area contributed by atoms with Crippen molar-refractivity contribution in [2.24, 2.45) is 0 Å². The van der Waals surface area contributed by atoms with Crippen molar-refractivity contribution in [3.8, 4) is 34.1 Å². The van der Waals surface area contributed by atoms with Crippen LogP contribution in [-0.2, 0) is 0 Å². The average molecular weight is 589 g/mol. The van der Waals surface area contributed by atoms with E-state index in [2.05, 4.69) is 20.9 Å². The van der Waals surface area contributed by atoms with E-state index in [0.29, 0.717) is 22.6 Å². The van der Waals surface area contributed by atoms with Crippen LogP contribution >= 0.6 is 15.9 Å². The van der Waals surface area contributed by atoms with Crippen molar-refractivity contribution in [1.29, 1.82) is 0 Å². The lowest BCUT2D eigenvalue weighted by atomic mass is 10.0.